The summed E-state index contributed by atoms with van der Waals surface area (Å²) >= 11 is 0. The first-order valence-electron chi connectivity index (χ1n) is 9.65. The number of pyridine rings is 1. The van der Waals surface area contributed by atoms with Crippen LogP contribution in [0.25, 0.3) is 0 Å². The summed E-state index contributed by atoms with van der Waals surface area (Å²) in [5, 5.41) is 12.4. The summed E-state index contributed by atoms with van der Waals surface area (Å²) in [6, 6.07) is 6.43. The smallest absolute Gasteiger partial charge is 0.335 e. The molecule has 158 valence electrons. The highest BCUT2D eigenvalue weighted by molar-refractivity contribution is 6.12. The molecule has 1 aromatic heterocycles. The Labute approximate surface area is 175 Å². The normalized spacial score (nSPS) is 13.5. The Morgan fingerprint density at radius 1 is 1.30 bits per heavy atom. The fourth-order valence-electron chi connectivity index (χ4n) is 3.25. The maximum Gasteiger partial charge on any atom is 0.335 e. The second-order valence-corrected chi connectivity index (χ2v) is 7.55. The van der Waals surface area contributed by atoms with Crippen molar-refractivity contribution >= 4 is 34.8 Å². The van der Waals surface area contributed by atoms with Crippen LogP contribution < -0.4 is 19.9 Å². The largest absolute Gasteiger partial charge is 0.495 e. The number of aromatic carboxylic acids is 1. The SMILES string of the molecule is C=C1C(=O)N(C)c2cnc(Nc3ccc(C(=O)O)cc3OC)cc2N1CCC(C)C. The lowest BCUT2D eigenvalue weighted by molar-refractivity contribution is -0.115. The third-order valence-electron chi connectivity index (χ3n) is 5.03. The number of hydrogen-bond donors (Lipinski definition) is 2. The number of ether oxygens (including phenoxy) is 1. The zero-order chi connectivity index (χ0) is 22.0. The number of nitrogens with one attached hydrogen (secondary N) is 1. The molecule has 2 N–H and O–H groups in total. The number of methoxy groups -OCH3 is 1. The van der Waals surface area contributed by atoms with Crippen LogP contribution in [0.5, 0.6) is 5.75 Å². The number of hydrogen-bond acceptors (Lipinski definition) is 6. The first-order chi connectivity index (χ1) is 14.2. The average Bonchev–Trinajstić information content (AvgIpc) is 2.72. The van der Waals surface area contributed by atoms with Crippen molar-refractivity contribution in [1.82, 2.24) is 4.98 Å². The zero-order valence-corrected chi connectivity index (χ0v) is 17.6. The molecule has 0 unspecified atom stereocenters. The van der Waals surface area contributed by atoms with Crippen LogP contribution in [0.15, 0.2) is 42.7 Å². The van der Waals surface area contributed by atoms with E-state index in [1.54, 1.807) is 24.2 Å². The Kier molecular flexibility index (Phi) is 5.96. The van der Waals surface area contributed by atoms with Crippen LogP contribution in [0, 0.1) is 5.92 Å². The summed E-state index contributed by atoms with van der Waals surface area (Å²) in [5.41, 5.74) is 2.68. The van der Waals surface area contributed by atoms with Gasteiger partial charge in [-0.05, 0) is 30.5 Å². The summed E-state index contributed by atoms with van der Waals surface area (Å²) in [6.45, 7) is 8.93. The molecule has 0 fully saturated rings. The maximum atomic E-state index is 12.6. The molecule has 8 nitrogen and oxygen atoms in total. The Balaban J connectivity index is 1.97. The monoisotopic (exact) mass is 410 g/mol. The van der Waals surface area contributed by atoms with Crippen molar-refractivity contribution in [3.8, 4) is 5.75 Å². The average molecular weight is 410 g/mol. The summed E-state index contributed by atoms with van der Waals surface area (Å²) < 4.78 is 5.32. The number of carbonyl (C=O) groups is 2. The minimum absolute atomic E-state index is 0.132. The zero-order valence-electron chi connectivity index (χ0n) is 17.6. The van der Waals surface area contributed by atoms with E-state index in [0.717, 1.165) is 12.1 Å². The number of carboxylic acid groups (broad SMARTS) is 1. The van der Waals surface area contributed by atoms with Crippen LogP contribution in [0.2, 0.25) is 0 Å². The van der Waals surface area contributed by atoms with Gasteiger partial charge in [-0.3, -0.25) is 4.79 Å². The quantitative estimate of drug-likeness (QED) is 0.669. The van der Waals surface area contributed by atoms with E-state index in [4.69, 9.17) is 4.74 Å². The fourth-order valence-corrected chi connectivity index (χ4v) is 3.25. The van der Waals surface area contributed by atoms with Crippen molar-refractivity contribution in [3.05, 3.63) is 48.3 Å². The highest BCUT2D eigenvalue weighted by Gasteiger charge is 2.31. The molecule has 30 heavy (non-hydrogen) atoms. The molecule has 3 rings (SSSR count). The molecule has 0 bridgehead atoms. The number of benzene rings is 1. The van der Waals surface area contributed by atoms with Gasteiger partial charge in [-0.15, -0.1) is 0 Å². The standard InChI is InChI=1S/C22H26N4O4/c1-13(2)8-9-26-14(3)21(27)25(4)18-12-23-20(11-17(18)26)24-16-7-6-15(22(28)29)10-19(16)30-5/h6-7,10-13H,3,8-9H2,1-2,4-5H3,(H,23,24)(H,28,29). The van der Waals surface area contributed by atoms with Gasteiger partial charge in [0.2, 0.25) is 0 Å². The number of rotatable bonds is 7. The Bertz CT molecular complexity index is 1000. The van der Waals surface area contributed by atoms with Crippen molar-refractivity contribution in [2.45, 2.75) is 20.3 Å². The predicted octanol–water partition coefficient (Wildman–Crippen LogP) is 3.87. The van der Waals surface area contributed by atoms with Crippen molar-refractivity contribution < 1.29 is 19.4 Å². The second kappa shape index (κ2) is 8.44. The molecule has 1 aliphatic rings. The molecule has 0 atom stereocenters. The van der Waals surface area contributed by atoms with E-state index in [9.17, 15) is 14.7 Å². The van der Waals surface area contributed by atoms with Gasteiger partial charge in [-0.1, -0.05) is 20.4 Å². The third-order valence-corrected chi connectivity index (χ3v) is 5.03. The van der Waals surface area contributed by atoms with E-state index in [0.29, 0.717) is 41.1 Å². The molecule has 1 amide bonds. The lowest BCUT2D eigenvalue weighted by Crippen LogP contribution is -2.42. The lowest BCUT2D eigenvalue weighted by atomic mass is 10.1. The molecule has 8 heteroatoms. The number of likely N-dealkylation sites (N-methyl/N-ethyl adjacent to an activating group) is 1. The number of aromatic nitrogens is 1. The van der Waals surface area contributed by atoms with Crippen LogP contribution >= 0.6 is 0 Å². The van der Waals surface area contributed by atoms with E-state index >= 15 is 0 Å². The number of fused-ring (bicyclic) bond motifs is 1. The van der Waals surface area contributed by atoms with E-state index in [1.807, 2.05) is 11.0 Å². The topological polar surface area (TPSA) is 95.0 Å². The van der Waals surface area contributed by atoms with E-state index in [1.165, 1.54) is 19.2 Å². The number of carboxylic acids is 1. The molecule has 0 saturated heterocycles. The highest BCUT2D eigenvalue weighted by atomic mass is 16.5. The Morgan fingerprint density at radius 2 is 2.03 bits per heavy atom. The highest BCUT2D eigenvalue weighted by Crippen LogP contribution is 2.38. The fraction of sp³-hybridized carbons (Fsp3) is 0.318. The molecule has 0 spiro atoms. The minimum atomic E-state index is -1.03. The molecule has 0 radical (unpaired) electrons. The van der Waals surface area contributed by atoms with Gasteiger partial charge < -0.3 is 25.0 Å². The molecular weight excluding hydrogens is 384 g/mol. The first-order valence-corrected chi connectivity index (χ1v) is 9.65. The number of anilines is 4. The lowest BCUT2D eigenvalue weighted by Gasteiger charge is -2.37. The first kappa shape index (κ1) is 21.2. The second-order valence-electron chi connectivity index (χ2n) is 7.55. The van der Waals surface area contributed by atoms with Crippen molar-refractivity contribution in [3.63, 3.8) is 0 Å². The number of nitrogens with zero attached hydrogens (tertiary/aromatic N) is 3. The molecule has 2 heterocycles. The van der Waals surface area contributed by atoms with Crippen LogP contribution in [0.3, 0.4) is 0 Å². The van der Waals surface area contributed by atoms with Crippen molar-refractivity contribution in [2.24, 2.45) is 5.92 Å². The van der Waals surface area contributed by atoms with Crippen molar-refractivity contribution in [1.29, 1.82) is 0 Å². The van der Waals surface area contributed by atoms with Gasteiger partial charge in [-0.2, -0.15) is 0 Å². The van der Waals surface area contributed by atoms with E-state index in [2.05, 4.69) is 30.7 Å². The molecule has 2 aromatic rings. The Hall–Kier alpha value is -3.55. The van der Waals surface area contributed by atoms with Gasteiger partial charge in [0.15, 0.2) is 0 Å². The van der Waals surface area contributed by atoms with Gasteiger partial charge in [0, 0.05) is 19.7 Å². The summed E-state index contributed by atoms with van der Waals surface area (Å²) in [7, 11) is 3.18. The molecular formula is C22H26N4O4. The third kappa shape index (κ3) is 4.07. The summed E-state index contributed by atoms with van der Waals surface area (Å²) in [4.78, 5) is 31.7. The maximum absolute atomic E-state index is 12.6. The number of amides is 1. The molecule has 0 aliphatic carbocycles. The van der Waals surface area contributed by atoms with Crippen LogP contribution in [0.4, 0.5) is 22.9 Å². The predicted molar refractivity (Wildman–Crippen MR) is 117 cm³/mol. The van der Waals surface area contributed by atoms with Crippen LogP contribution in [0.1, 0.15) is 30.6 Å². The van der Waals surface area contributed by atoms with Gasteiger partial charge in [-0.25, -0.2) is 9.78 Å². The van der Waals surface area contributed by atoms with Crippen LogP contribution in [-0.2, 0) is 4.79 Å². The van der Waals surface area contributed by atoms with Gasteiger partial charge in [0.1, 0.15) is 17.3 Å². The van der Waals surface area contributed by atoms with Gasteiger partial charge in [0.05, 0.1) is 35.9 Å². The Morgan fingerprint density at radius 3 is 2.67 bits per heavy atom. The van der Waals surface area contributed by atoms with E-state index in [-0.39, 0.29) is 11.5 Å². The molecule has 0 saturated carbocycles. The summed E-state index contributed by atoms with van der Waals surface area (Å²) in [5.74, 6) is 0.230. The molecule has 1 aliphatic heterocycles. The minimum Gasteiger partial charge on any atom is -0.495 e. The van der Waals surface area contributed by atoms with Gasteiger partial charge >= 0.3 is 5.97 Å². The van der Waals surface area contributed by atoms with E-state index < -0.39 is 5.97 Å². The number of carbonyl (C=O) groups excluding carboxylic acids is 1. The van der Waals surface area contributed by atoms with Crippen LogP contribution in [-0.4, -0.2) is 42.7 Å². The molecule has 1 aromatic carbocycles. The summed E-state index contributed by atoms with van der Waals surface area (Å²) in [6.07, 6.45) is 2.55. The van der Waals surface area contributed by atoms with Crippen molar-refractivity contribution in [2.75, 3.05) is 35.8 Å². The van der Waals surface area contributed by atoms with Gasteiger partial charge in [0.25, 0.3) is 5.91 Å².